The normalized spacial score (nSPS) is 24.2. The molecule has 1 aliphatic carbocycles. The minimum atomic E-state index is -5.09. The van der Waals surface area contributed by atoms with Gasteiger partial charge in [-0.25, -0.2) is 4.57 Å². The van der Waals surface area contributed by atoms with E-state index in [4.69, 9.17) is 18.5 Å². The van der Waals surface area contributed by atoms with Crippen molar-refractivity contribution in [2.45, 2.75) is 185 Å². The number of ether oxygens (including phenoxy) is 2. The molecule has 0 amide bonds. The van der Waals surface area contributed by atoms with E-state index in [1.54, 1.807) is 6.92 Å². The maximum Gasteiger partial charge on any atom is 0.472 e. The molecule has 0 aliphatic heterocycles. The van der Waals surface area contributed by atoms with Crippen molar-refractivity contribution in [1.82, 2.24) is 0 Å². The Balaban J connectivity index is 2.27. The van der Waals surface area contributed by atoms with Gasteiger partial charge >= 0.3 is 19.8 Å². The minimum Gasteiger partial charge on any atom is -0.462 e. The van der Waals surface area contributed by atoms with Gasteiger partial charge in [0.15, 0.2) is 6.10 Å². The number of aliphatic hydroxyl groups excluding tert-OH is 5. The van der Waals surface area contributed by atoms with E-state index in [1.165, 1.54) is 64.2 Å². The highest BCUT2D eigenvalue weighted by Gasteiger charge is 2.51. The van der Waals surface area contributed by atoms with E-state index in [2.05, 4.69) is 31.2 Å². The zero-order valence-corrected chi connectivity index (χ0v) is 31.8. The Hall–Kier alpha value is -1.67. The molecular formula is C37H67O13P. The first-order chi connectivity index (χ1) is 24.4. The van der Waals surface area contributed by atoms with Gasteiger partial charge in [-0.2, -0.15) is 0 Å². The molecule has 0 radical (unpaired) electrons. The van der Waals surface area contributed by atoms with Crippen LogP contribution in [0.15, 0.2) is 24.3 Å². The number of carbonyl (C=O) groups excluding carboxylic acids is 2. The van der Waals surface area contributed by atoms with E-state index >= 15 is 0 Å². The van der Waals surface area contributed by atoms with Crippen molar-refractivity contribution in [1.29, 1.82) is 0 Å². The molecule has 6 N–H and O–H groups in total. The summed E-state index contributed by atoms with van der Waals surface area (Å²) >= 11 is 0. The van der Waals surface area contributed by atoms with Crippen LogP contribution in [0.2, 0.25) is 0 Å². The number of aliphatic hydroxyl groups is 5. The van der Waals surface area contributed by atoms with E-state index < -0.39 is 75.7 Å². The fraction of sp³-hybridized carbons (Fsp3) is 0.838. The second kappa shape index (κ2) is 28.8. The average Bonchev–Trinajstić information content (AvgIpc) is 3.10. The quantitative estimate of drug-likeness (QED) is 0.0225. The molecule has 0 saturated heterocycles. The summed E-state index contributed by atoms with van der Waals surface area (Å²) in [4.78, 5) is 34.6. The third-order valence-electron chi connectivity index (χ3n) is 8.77. The fourth-order valence-electron chi connectivity index (χ4n) is 5.65. The number of unbranched alkanes of at least 4 members (excludes halogenated alkanes) is 14. The van der Waals surface area contributed by atoms with Crippen molar-refractivity contribution in [2.24, 2.45) is 0 Å². The Morgan fingerprint density at radius 2 is 1.10 bits per heavy atom. The van der Waals surface area contributed by atoms with Crippen LogP contribution in [-0.4, -0.2) is 98.3 Å². The van der Waals surface area contributed by atoms with Crippen molar-refractivity contribution in [3.63, 3.8) is 0 Å². The Labute approximate surface area is 305 Å². The highest BCUT2D eigenvalue weighted by atomic mass is 31.2. The van der Waals surface area contributed by atoms with Crippen molar-refractivity contribution in [2.75, 3.05) is 13.2 Å². The van der Waals surface area contributed by atoms with E-state index in [0.29, 0.717) is 12.8 Å². The third kappa shape index (κ3) is 22.2. The Bertz CT molecular complexity index is 1010. The second-order valence-electron chi connectivity index (χ2n) is 13.4. The molecule has 13 nitrogen and oxygen atoms in total. The summed E-state index contributed by atoms with van der Waals surface area (Å²) in [7, 11) is -5.09. The molecule has 0 heterocycles. The standard InChI is InChI=1S/C37H67O13P/c1-3-5-6-7-8-9-10-11-12-13-14-15-16-17-18-19-20-21-22-23-24-26-31(39)49-29(27-47-30(38)25-4-2)28-48-51(45,46)50-37-35(43)33(41)32(40)34(42)36(37)44/h10-11,13-14,29,32-37,40-44H,3-9,12,15-28H2,1-2H3,(H,45,46)/b11-10-,14-13-. The van der Waals surface area contributed by atoms with E-state index in [1.807, 2.05) is 0 Å². The zero-order chi connectivity index (χ0) is 37.9. The SMILES string of the molecule is CCCCCCC/C=C\C/C=C\CCCCCCCCCCCC(=O)OC(COC(=O)CCC)COP(=O)(O)OC1C(O)C(O)C(O)C(O)C1O. The molecule has 1 aliphatic rings. The molecule has 0 bridgehead atoms. The predicted molar refractivity (Wildman–Crippen MR) is 193 cm³/mol. The topological polar surface area (TPSA) is 210 Å². The number of esters is 2. The van der Waals surface area contributed by atoms with Crippen LogP contribution in [0.25, 0.3) is 0 Å². The van der Waals surface area contributed by atoms with Crippen molar-refractivity contribution in [3.05, 3.63) is 24.3 Å². The Kier molecular flexibility index (Phi) is 26.7. The van der Waals surface area contributed by atoms with Crippen molar-refractivity contribution >= 4 is 19.8 Å². The van der Waals surface area contributed by atoms with Crippen LogP contribution in [0.5, 0.6) is 0 Å². The summed E-state index contributed by atoms with van der Waals surface area (Å²) in [6.07, 6.45) is 16.0. The molecule has 1 rings (SSSR count). The summed E-state index contributed by atoms with van der Waals surface area (Å²) in [6, 6.07) is 0. The molecule has 298 valence electrons. The van der Waals surface area contributed by atoms with Crippen LogP contribution in [0.3, 0.4) is 0 Å². The van der Waals surface area contributed by atoms with Gasteiger partial charge in [-0.1, -0.05) is 109 Å². The maximum atomic E-state index is 12.6. The first kappa shape index (κ1) is 47.4. The first-order valence-corrected chi connectivity index (χ1v) is 20.6. The maximum absolute atomic E-state index is 12.6. The van der Waals surface area contributed by atoms with Crippen LogP contribution in [0.4, 0.5) is 0 Å². The molecule has 6 atom stereocenters. The van der Waals surface area contributed by atoms with Gasteiger partial charge in [0.25, 0.3) is 0 Å². The first-order valence-electron chi connectivity index (χ1n) is 19.1. The van der Waals surface area contributed by atoms with Crippen molar-refractivity contribution < 1.29 is 63.1 Å². The number of phosphoric ester groups is 1. The summed E-state index contributed by atoms with van der Waals surface area (Å²) < 4.78 is 32.7. The number of hydrogen-bond donors (Lipinski definition) is 6. The third-order valence-corrected chi connectivity index (χ3v) is 9.75. The molecule has 0 aromatic rings. The highest BCUT2D eigenvalue weighted by Crippen LogP contribution is 2.47. The van der Waals surface area contributed by atoms with Crippen LogP contribution in [-0.2, 0) is 32.7 Å². The number of phosphoric acid groups is 1. The molecule has 0 spiro atoms. The summed E-state index contributed by atoms with van der Waals surface area (Å²) in [5.41, 5.74) is 0. The number of carbonyl (C=O) groups is 2. The number of rotatable bonds is 30. The fourth-order valence-corrected chi connectivity index (χ4v) is 6.62. The smallest absolute Gasteiger partial charge is 0.462 e. The number of hydrogen-bond acceptors (Lipinski definition) is 12. The lowest BCUT2D eigenvalue weighted by atomic mass is 9.85. The van der Waals surface area contributed by atoms with Gasteiger partial charge in [-0.15, -0.1) is 0 Å². The van der Waals surface area contributed by atoms with Crippen LogP contribution >= 0.6 is 7.82 Å². The van der Waals surface area contributed by atoms with Gasteiger partial charge in [-0.05, 0) is 44.9 Å². The lowest BCUT2D eigenvalue weighted by Crippen LogP contribution is -2.64. The van der Waals surface area contributed by atoms with Gasteiger partial charge in [0, 0.05) is 12.8 Å². The molecule has 1 saturated carbocycles. The van der Waals surface area contributed by atoms with Crippen LogP contribution in [0, 0.1) is 0 Å². The van der Waals surface area contributed by atoms with Gasteiger partial charge in [-0.3, -0.25) is 18.6 Å². The Morgan fingerprint density at radius 3 is 1.63 bits per heavy atom. The number of allylic oxidation sites excluding steroid dienone is 4. The Morgan fingerprint density at radius 1 is 0.608 bits per heavy atom. The van der Waals surface area contributed by atoms with Gasteiger partial charge in [0.05, 0.1) is 6.61 Å². The van der Waals surface area contributed by atoms with Crippen LogP contribution < -0.4 is 0 Å². The van der Waals surface area contributed by atoms with Gasteiger partial charge in [0.1, 0.15) is 43.2 Å². The molecule has 0 aromatic heterocycles. The molecule has 6 unspecified atom stereocenters. The van der Waals surface area contributed by atoms with Gasteiger partial charge < -0.3 is 39.9 Å². The summed E-state index contributed by atoms with van der Waals surface area (Å²) in [5, 5.41) is 49.5. The van der Waals surface area contributed by atoms with E-state index in [9.17, 15) is 44.6 Å². The molecular weight excluding hydrogens is 683 g/mol. The highest BCUT2D eigenvalue weighted by molar-refractivity contribution is 7.47. The van der Waals surface area contributed by atoms with E-state index in [0.717, 1.165) is 38.5 Å². The molecule has 51 heavy (non-hydrogen) atoms. The van der Waals surface area contributed by atoms with E-state index in [-0.39, 0.29) is 12.8 Å². The average molecular weight is 751 g/mol. The molecule has 1 fully saturated rings. The molecule has 14 heteroatoms. The van der Waals surface area contributed by atoms with Gasteiger partial charge in [0.2, 0.25) is 0 Å². The zero-order valence-electron chi connectivity index (χ0n) is 30.9. The largest absolute Gasteiger partial charge is 0.472 e. The predicted octanol–water partition coefficient (Wildman–Crippen LogP) is 5.72. The monoisotopic (exact) mass is 750 g/mol. The summed E-state index contributed by atoms with van der Waals surface area (Å²) in [5.74, 6) is -1.17. The summed E-state index contributed by atoms with van der Waals surface area (Å²) in [6.45, 7) is 2.83. The lowest BCUT2D eigenvalue weighted by molar-refractivity contribution is -0.220. The second-order valence-corrected chi connectivity index (χ2v) is 14.8. The van der Waals surface area contributed by atoms with Crippen LogP contribution in [0.1, 0.15) is 142 Å². The lowest BCUT2D eigenvalue weighted by Gasteiger charge is -2.41. The molecule has 0 aromatic carbocycles. The van der Waals surface area contributed by atoms with Crippen molar-refractivity contribution in [3.8, 4) is 0 Å². The minimum absolute atomic E-state index is 0.0909.